The van der Waals surface area contributed by atoms with Gasteiger partial charge in [-0.3, -0.25) is 0 Å². The molecule has 1 atom stereocenters. The average Bonchev–Trinajstić information content (AvgIpc) is 1.68. The summed E-state index contributed by atoms with van der Waals surface area (Å²) in [5, 5.41) is 8.84. The van der Waals surface area contributed by atoms with Crippen molar-refractivity contribution in [2.75, 3.05) is 20.3 Å². The van der Waals surface area contributed by atoms with E-state index in [4.69, 9.17) is 10.8 Å². The van der Waals surface area contributed by atoms with Gasteiger partial charge in [-0.05, 0) is 13.0 Å². The van der Waals surface area contributed by atoms with Crippen LogP contribution in [0.15, 0.2) is 0 Å². The molecule has 0 aromatic heterocycles. The van der Waals surface area contributed by atoms with Gasteiger partial charge in [0.05, 0.1) is 12.7 Å². The summed E-state index contributed by atoms with van der Waals surface area (Å²) in [6, 6.07) is 0. The molecule has 0 fully saturated rings. The average molecular weight is 119 g/mol. The minimum absolute atomic E-state index is 0.384. The zero-order valence-corrected chi connectivity index (χ0v) is 5.13. The Morgan fingerprint density at radius 3 is 2.75 bits per heavy atom. The van der Waals surface area contributed by atoms with E-state index in [1.807, 2.05) is 0 Å². The molecule has 0 aromatic carbocycles. The van der Waals surface area contributed by atoms with Crippen LogP contribution < -0.4 is 5.73 Å². The van der Waals surface area contributed by atoms with Crippen LogP contribution in [-0.4, -0.2) is 31.5 Å². The molecule has 0 heterocycles. The van der Waals surface area contributed by atoms with Gasteiger partial charge in [-0.25, -0.2) is 0 Å². The maximum Gasteiger partial charge on any atom is 0.0785 e. The van der Waals surface area contributed by atoms with Crippen LogP contribution in [0.3, 0.4) is 0 Å². The number of hydrogen-bond acceptors (Lipinski definition) is 3. The van der Waals surface area contributed by atoms with Crippen molar-refractivity contribution in [3.05, 3.63) is 0 Å². The summed E-state index contributed by atoms with van der Waals surface area (Å²) in [7, 11) is 1.56. The smallest absolute Gasteiger partial charge is 0.0785 e. The van der Waals surface area contributed by atoms with E-state index >= 15 is 0 Å². The van der Waals surface area contributed by atoms with Crippen molar-refractivity contribution in [3.8, 4) is 0 Å². The molecular formula is C5H13NO2. The van der Waals surface area contributed by atoms with Crippen LogP contribution in [0.4, 0.5) is 0 Å². The minimum atomic E-state index is -0.384. The lowest BCUT2D eigenvalue weighted by atomic mass is 10.3. The molecule has 3 heteroatoms. The summed E-state index contributed by atoms with van der Waals surface area (Å²) >= 11 is 0. The zero-order valence-electron chi connectivity index (χ0n) is 5.13. The highest BCUT2D eigenvalue weighted by molar-refractivity contribution is 4.52. The van der Waals surface area contributed by atoms with Crippen molar-refractivity contribution >= 4 is 0 Å². The van der Waals surface area contributed by atoms with Crippen LogP contribution in [0, 0.1) is 0 Å². The SMILES string of the molecule is COC[C@@H](O)CCN. The third-order valence-corrected chi connectivity index (χ3v) is 0.859. The number of rotatable bonds is 4. The molecule has 3 N–H and O–H groups in total. The topological polar surface area (TPSA) is 55.5 Å². The number of aliphatic hydroxyl groups is 1. The summed E-state index contributed by atoms with van der Waals surface area (Å²) in [6.07, 6.45) is 0.235. The first-order chi connectivity index (χ1) is 3.81. The van der Waals surface area contributed by atoms with Gasteiger partial charge in [0.2, 0.25) is 0 Å². The predicted molar refractivity (Wildman–Crippen MR) is 31.6 cm³/mol. The van der Waals surface area contributed by atoms with Gasteiger partial charge in [0, 0.05) is 7.11 Å². The Morgan fingerprint density at radius 1 is 1.75 bits per heavy atom. The van der Waals surface area contributed by atoms with Crippen molar-refractivity contribution < 1.29 is 9.84 Å². The Labute approximate surface area is 49.4 Å². The summed E-state index contributed by atoms with van der Waals surface area (Å²) in [5.74, 6) is 0. The summed E-state index contributed by atoms with van der Waals surface area (Å²) in [5.41, 5.74) is 5.14. The molecule has 0 aliphatic heterocycles. The van der Waals surface area contributed by atoms with Gasteiger partial charge in [0.1, 0.15) is 0 Å². The van der Waals surface area contributed by atoms with E-state index in [0.29, 0.717) is 19.6 Å². The van der Waals surface area contributed by atoms with E-state index in [2.05, 4.69) is 4.74 Å². The van der Waals surface area contributed by atoms with Gasteiger partial charge >= 0.3 is 0 Å². The van der Waals surface area contributed by atoms with Crippen LogP contribution in [0.2, 0.25) is 0 Å². The lowest BCUT2D eigenvalue weighted by Gasteiger charge is -2.05. The molecule has 0 amide bonds. The quantitative estimate of drug-likeness (QED) is 0.516. The van der Waals surface area contributed by atoms with Gasteiger partial charge < -0.3 is 15.6 Å². The van der Waals surface area contributed by atoms with Crippen LogP contribution in [0.25, 0.3) is 0 Å². The monoisotopic (exact) mass is 119 g/mol. The van der Waals surface area contributed by atoms with Crippen molar-refractivity contribution in [1.82, 2.24) is 0 Å². The molecule has 0 aromatic rings. The van der Waals surface area contributed by atoms with Crippen molar-refractivity contribution in [1.29, 1.82) is 0 Å². The van der Waals surface area contributed by atoms with Gasteiger partial charge in [-0.15, -0.1) is 0 Å². The van der Waals surface area contributed by atoms with Crippen molar-refractivity contribution in [2.24, 2.45) is 5.73 Å². The highest BCUT2D eigenvalue weighted by atomic mass is 16.5. The zero-order chi connectivity index (χ0) is 6.41. The molecule has 0 rings (SSSR count). The Morgan fingerprint density at radius 2 is 2.38 bits per heavy atom. The van der Waals surface area contributed by atoms with E-state index in [1.54, 1.807) is 7.11 Å². The second kappa shape index (κ2) is 5.03. The van der Waals surface area contributed by atoms with E-state index in [-0.39, 0.29) is 6.10 Å². The van der Waals surface area contributed by atoms with Gasteiger partial charge in [0.25, 0.3) is 0 Å². The normalized spacial score (nSPS) is 13.9. The fraction of sp³-hybridized carbons (Fsp3) is 1.00. The van der Waals surface area contributed by atoms with Crippen LogP contribution in [-0.2, 0) is 4.74 Å². The fourth-order valence-electron chi connectivity index (χ4n) is 0.468. The van der Waals surface area contributed by atoms with Crippen LogP contribution in [0.5, 0.6) is 0 Å². The second-order valence-corrected chi connectivity index (χ2v) is 1.69. The summed E-state index contributed by atoms with van der Waals surface area (Å²) < 4.78 is 4.65. The summed E-state index contributed by atoms with van der Waals surface area (Å²) in [6.45, 7) is 0.904. The lowest BCUT2D eigenvalue weighted by molar-refractivity contribution is 0.0609. The maximum absolute atomic E-state index is 8.84. The molecule has 0 radical (unpaired) electrons. The highest BCUT2D eigenvalue weighted by Gasteiger charge is 1.98. The molecule has 0 saturated carbocycles. The molecule has 3 nitrogen and oxygen atoms in total. The van der Waals surface area contributed by atoms with Gasteiger partial charge in [-0.2, -0.15) is 0 Å². The van der Waals surface area contributed by atoms with Gasteiger partial charge in [0.15, 0.2) is 0 Å². The minimum Gasteiger partial charge on any atom is -0.391 e. The Hall–Kier alpha value is -0.120. The first-order valence-corrected chi connectivity index (χ1v) is 2.68. The van der Waals surface area contributed by atoms with Crippen LogP contribution >= 0.6 is 0 Å². The van der Waals surface area contributed by atoms with E-state index in [9.17, 15) is 0 Å². The predicted octanol–water partition coefficient (Wildman–Crippen LogP) is -0.657. The van der Waals surface area contributed by atoms with E-state index < -0.39 is 0 Å². The van der Waals surface area contributed by atoms with Crippen LogP contribution in [0.1, 0.15) is 6.42 Å². The molecule has 0 aliphatic carbocycles. The summed E-state index contributed by atoms with van der Waals surface area (Å²) in [4.78, 5) is 0. The molecular weight excluding hydrogens is 106 g/mol. The number of aliphatic hydroxyl groups excluding tert-OH is 1. The first-order valence-electron chi connectivity index (χ1n) is 2.68. The van der Waals surface area contributed by atoms with Crippen molar-refractivity contribution in [2.45, 2.75) is 12.5 Å². The molecule has 0 bridgehead atoms. The number of hydrogen-bond donors (Lipinski definition) is 2. The molecule has 0 aliphatic rings. The third kappa shape index (κ3) is 4.05. The molecule has 50 valence electrons. The number of methoxy groups -OCH3 is 1. The van der Waals surface area contributed by atoms with E-state index in [0.717, 1.165) is 0 Å². The maximum atomic E-state index is 8.84. The first kappa shape index (κ1) is 7.88. The van der Waals surface area contributed by atoms with Crippen molar-refractivity contribution in [3.63, 3.8) is 0 Å². The van der Waals surface area contributed by atoms with E-state index in [1.165, 1.54) is 0 Å². The lowest BCUT2D eigenvalue weighted by Crippen LogP contribution is -2.18. The number of ether oxygens (including phenoxy) is 1. The standard InChI is InChI=1S/C5H13NO2/c1-8-4-5(7)2-3-6/h5,7H,2-4,6H2,1H3/t5-/m0/s1. The van der Waals surface area contributed by atoms with Gasteiger partial charge in [-0.1, -0.05) is 0 Å². The molecule has 0 unspecified atom stereocenters. The Balaban J connectivity index is 2.92. The largest absolute Gasteiger partial charge is 0.391 e. The third-order valence-electron chi connectivity index (χ3n) is 0.859. The Bertz CT molecular complexity index is 43.7. The Kier molecular flexibility index (Phi) is 4.95. The molecule has 0 saturated heterocycles. The fourth-order valence-corrected chi connectivity index (χ4v) is 0.468. The number of nitrogens with two attached hydrogens (primary N) is 1. The molecule has 8 heavy (non-hydrogen) atoms. The highest BCUT2D eigenvalue weighted by Crippen LogP contribution is 1.87. The second-order valence-electron chi connectivity index (χ2n) is 1.69. The molecule has 0 spiro atoms.